The third-order valence-corrected chi connectivity index (χ3v) is 8.12. The molecule has 0 atom stereocenters. The standard InChI is InChI=1S/C28H39NO5S/c1-28(2,3)15-14-23-16-24(25(35-23)27(31)32-4)29(26(30)19-8-6-5-7-9-19)20-10-12-21(13-11-20)34-22-17-33-18-22/h16,19-22H,5-13,17-18H2,1-4H3/t20-,21-. The Kier molecular flexibility index (Phi) is 8.57. The number of hydrogen-bond donors (Lipinski definition) is 0. The van der Waals surface area contributed by atoms with Crippen LogP contribution in [0, 0.1) is 23.2 Å². The first-order valence-electron chi connectivity index (χ1n) is 13.1. The fraction of sp³-hybridized carbons (Fsp3) is 0.714. The number of carbonyl (C=O) groups is 2. The van der Waals surface area contributed by atoms with E-state index in [-0.39, 0.29) is 35.5 Å². The molecule has 1 saturated heterocycles. The maximum Gasteiger partial charge on any atom is 0.350 e. The summed E-state index contributed by atoms with van der Waals surface area (Å²) in [5.41, 5.74) is 0.518. The summed E-state index contributed by atoms with van der Waals surface area (Å²) in [7, 11) is 1.40. The summed E-state index contributed by atoms with van der Waals surface area (Å²) < 4.78 is 16.5. The van der Waals surface area contributed by atoms with Crippen LogP contribution in [0.1, 0.15) is 93.1 Å². The molecule has 6 nitrogen and oxygen atoms in total. The molecule has 192 valence electrons. The molecule has 1 aromatic heterocycles. The van der Waals surface area contributed by atoms with Gasteiger partial charge in [0.2, 0.25) is 5.91 Å². The van der Waals surface area contributed by atoms with Crippen LogP contribution in [0.3, 0.4) is 0 Å². The van der Waals surface area contributed by atoms with Gasteiger partial charge in [0.05, 0.1) is 37.0 Å². The molecule has 2 saturated carbocycles. The summed E-state index contributed by atoms with van der Waals surface area (Å²) in [6.45, 7) is 7.55. The molecule has 0 bridgehead atoms. The maximum atomic E-state index is 14.0. The van der Waals surface area contributed by atoms with Crippen molar-refractivity contribution in [2.75, 3.05) is 25.2 Å². The number of thiophene rings is 1. The Balaban J connectivity index is 1.63. The van der Waals surface area contributed by atoms with E-state index in [0.29, 0.717) is 23.8 Å². The molecule has 3 fully saturated rings. The second kappa shape index (κ2) is 11.5. The molecule has 2 heterocycles. The van der Waals surface area contributed by atoms with Gasteiger partial charge in [-0.1, -0.05) is 31.1 Å². The smallest absolute Gasteiger partial charge is 0.350 e. The average molecular weight is 502 g/mol. The number of rotatable bonds is 6. The van der Waals surface area contributed by atoms with E-state index in [4.69, 9.17) is 14.2 Å². The minimum absolute atomic E-state index is 0.0133. The van der Waals surface area contributed by atoms with Crippen LogP contribution in [0.2, 0.25) is 0 Å². The van der Waals surface area contributed by atoms with Crippen LogP contribution < -0.4 is 4.90 Å². The number of carbonyl (C=O) groups excluding carboxylic acids is 2. The lowest BCUT2D eigenvalue weighted by Gasteiger charge is -2.40. The van der Waals surface area contributed by atoms with E-state index in [2.05, 4.69) is 32.6 Å². The highest BCUT2D eigenvalue weighted by Crippen LogP contribution is 2.39. The van der Waals surface area contributed by atoms with Crippen molar-refractivity contribution in [3.05, 3.63) is 15.8 Å². The lowest BCUT2D eigenvalue weighted by Crippen LogP contribution is -2.48. The molecule has 7 heteroatoms. The van der Waals surface area contributed by atoms with Gasteiger partial charge in [-0.15, -0.1) is 11.3 Å². The monoisotopic (exact) mass is 501 g/mol. The number of amides is 1. The van der Waals surface area contributed by atoms with E-state index >= 15 is 0 Å². The quantitative estimate of drug-likeness (QED) is 0.377. The third kappa shape index (κ3) is 6.67. The Morgan fingerprint density at radius 3 is 2.29 bits per heavy atom. The van der Waals surface area contributed by atoms with Crippen molar-refractivity contribution in [2.24, 2.45) is 11.3 Å². The molecule has 0 unspecified atom stereocenters. The Morgan fingerprint density at radius 1 is 1.03 bits per heavy atom. The van der Waals surface area contributed by atoms with E-state index in [9.17, 15) is 9.59 Å². The predicted molar refractivity (Wildman–Crippen MR) is 138 cm³/mol. The highest BCUT2D eigenvalue weighted by atomic mass is 32.1. The topological polar surface area (TPSA) is 65.1 Å². The van der Waals surface area contributed by atoms with Crippen molar-refractivity contribution in [1.82, 2.24) is 0 Å². The van der Waals surface area contributed by atoms with Gasteiger partial charge in [0.15, 0.2) is 0 Å². The molecule has 35 heavy (non-hydrogen) atoms. The van der Waals surface area contributed by atoms with Gasteiger partial charge < -0.3 is 19.1 Å². The number of anilines is 1. The summed E-state index contributed by atoms with van der Waals surface area (Å²) in [5.74, 6) is 6.25. The zero-order chi connectivity index (χ0) is 25.0. The highest BCUT2D eigenvalue weighted by Gasteiger charge is 2.38. The van der Waals surface area contributed by atoms with E-state index in [1.54, 1.807) is 0 Å². The minimum Gasteiger partial charge on any atom is -0.465 e. The molecule has 0 radical (unpaired) electrons. The Hall–Kier alpha value is -1.88. The van der Waals surface area contributed by atoms with E-state index in [1.165, 1.54) is 24.9 Å². The van der Waals surface area contributed by atoms with Crippen molar-refractivity contribution in [3.63, 3.8) is 0 Å². The van der Waals surface area contributed by atoms with Crippen LogP contribution >= 0.6 is 11.3 Å². The Labute approximate surface area is 213 Å². The molecule has 3 aliphatic rings. The third-order valence-electron chi connectivity index (χ3n) is 7.10. The zero-order valence-corrected chi connectivity index (χ0v) is 22.4. The largest absolute Gasteiger partial charge is 0.465 e. The Morgan fingerprint density at radius 2 is 1.71 bits per heavy atom. The first kappa shape index (κ1) is 26.2. The molecule has 0 spiro atoms. The number of esters is 1. The molecular formula is C28H39NO5S. The van der Waals surface area contributed by atoms with E-state index < -0.39 is 5.97 Å². The van der Waals surface area contributed by atoms with E-state index in [1.807, 2.05) is 11.0 Å². The van der Waals surface area contributed by atoms with Gasteiger partial charge in [-0.25, -0.2) is 4.79 Å². The van der Waals surface area contributed by atoms with Gasteiger partial charge >= 0.3 is 5.97 Å². The molecular weight excluding hydrogens is 462 g/mol. The minimum atomic E-state index is -0.405. The van der Waals surface area contributed by atoms with Crippen LogP contribution in [0.5, 0.6) is 0 Å². The maximum absolute atomic E-state index is 14.0. The number of ether oxygens (including phenoxy) is 3. The number of nitrogens with zero attached hydrogens (tertiary/aromatic N) is 1. The lowest BCUT2D eigenvalue weighted by molar-refractivity contribution is -0.160. The van der Waals surface area contributed by atoms with Gasteiger partial charge in [0, 0.05) is 17.4 Å². The highest BCUT2D eigenvalue weighted by molar-refractivity contribution is 7.15. The fourth-order valence-electron chi connectivity index (χ4n) is 5.16. The summed E-state index contributed by atoms with van der Waals surface area (Å²) in [6, 6.07) is 1.98. The molecule has 1 amide bonds. The second-order valence-corrected chi connectivity index (χ2v) is 12.1. The molecule has 1 aromatic rings. The molecule has 2 aliphatic carbocycles. The molecule has 0 N–H and O–H groups in total. The number of methoxy groups -OCH3 is 1. The van der Waals surface area contributed by atoms with Crippen LogP contribution in [0.25, 0.3) is 0 Å². The molecule has 4 rings (SSSR count). The van der Waals surface area contributed by atoms with Crippen molar-refractivity contribution in [1.29, 1.82) is 0 Å². The zero-order valence-electron chi connectivity index (χ0n) is 21.6. The van der Waals surface area contributed by atoms with Crippen LogP contribution in [-0.4, -0.2) is 50.4 Å². The Bertz CT molecular complexity index is 950. The van der Waals surface area contributed by atoms with Crippen molar-refractivity contribution < 1.29 is 23.8 Å². The fourth-order valence-corrected chi connectivity index (χ4v) is 6.08. The molecule has 0 aromatic carbocycles. The lowest BCUT2D eigenvalue weighted by atomic mass is 9.86. The van der Waals surface area contributed by atoms with Crippen molar-refractivity contribution >= 4 is 28.9 Å². The second-order valence-electron chi connectivity index (χ2n) is 11.1. The van der Waals surface area contributed by atoms with Crippen LogP contribution in [0.15, 0.2) is 6.07 Å². The van der Waals surface area contributed by atoms with Gasteiger partial charge in [0.1, 0.15) is 11.0 Å². The average Bonchev–Trinajstić information content (AvgIpc) is 3.24. The number of hydrogen-bond acceptors (Lipinski definition) is 6. The van der Waals surface area contributed by atoms with Crippen molar-refractivity contribution in [2.45, 2.75) is 96.8 Å². The van der Waals surface area contributed by atoms with Gasteiger partial charge in [-0.2, -0.15) is 0 Å². The predicted octanol–water partition coefficient (Wildman–Crippen LogP) is 5.57. The van der Waals surface area contributed by atoms with Gasteiger partial charge in [0.25, 0.3) is 0 Å². The van der Waals surface area contributed by atoms with Gasteiger partial charge in [-0.05, 0) is 65.4 Å². The SMILES string of the molecule is COC(=O)c1sc(C#CC(C)(C)C)cc1N(C(=O)C1CCCCC1)[C@H]1CC[C@H](OC2COC2)CC1. The van der Waals surface area contributed by atoms with E-state index in [0.717, 1.165) is 56.2 Å². The summed E-state index contributed by atoms with van der Waals surface area (Å²) >= 11 is 1.33. The summed E-state index contributed by atoms with van der Waals surface area (Å²) in [4.78, 5) is 30.0. The molecule has 1 aliphatic heterocycles. The summed E-state index contributed by atoms with van der Waals surface area (Å²) in [5, 5.41) is 0. The van der Waals surface area contributed by atoms with Crippen LogP contribution in [-0.2, 0) is 19.0 Å². The van der Waals surface area contributed by atoms with Crippen molar-refractivity contribution in [3.8, 4) is 11.8 Å². The van der Waals surface area contributed by atoms with Gasteiger partial charge in [-0.3, -0.25) is 4.79 Å². The first-order valence-corrected chi connectivity index (χ1v) is 13.9. The summed E-state index contributed by atoms with van der Waals surface area (Å²) in [6.07, 6.45) is 9.16. The van der Waals surface area contributed by atoms with Crippen LogP contribution in [0.4, 0.5) is 5.69 Å². The first-order chi connectivity index (χ1) is 16.7. The normalized spacial score (nSPS) is 23.7.